The summed E-state index contributed by atoms with van der Waals surface area (Å²) in [7, 11) is 0. The minimum atomic E-state index is -0.868. The Morgan fingerprint density at radius 1 is 0.966 bits per heavy atom. The van der Waals surface area contributed by atoms with Crippen LogP contribution in [-0.4, -0.2) is 52.9 Å². The van der Waals surface area contributed by atoms with E-state index in [0.717, 1.165) is 18.2 Å². The van der Waals surface area contributed by atoms with Gasteiger partial charge in [0.05, 0.1) is 40.4 Å². The van der Waals surface area contributed by atoms with Crippen molar-refractivity contribution in [1.29, 1.82) is 0 Å². The lowest BCUT2D eigenvalue weighted by molar-refractivity contribution is -0.394. The molecule has 0 radical (unpaired) electrons. The van der Waals surface area contributed by atoms with Crippen LogP contribution in [0, 0.1) is 20.2 Å². The summed E-state index contributed by atoms with van der Waals surface area (Å²) < 4.78 is 5.23. The van der Waals surface area contributed by atoms with Gasteiger partial charge in [0.15, 0.2) is 0 Å². The number of rotatable bonds is 5. The normalized spacial score (nSPS) is 13.6. The Morgan fingerprint density at radius 2 is 1.66 bits per heavy atom. The summed E-state index contributed by atoms with van der Waals surface area (Å²) in [6.07, 6.45) is 0. The Balaban J connectivity index is 1.89. The minimum Gasteiger partial charge on any atom is -0.378 e. The lowest BCUT2D eigenvalue weighted by atomic mass is 10.1. The fraction of sp³-hybridized carbons (Fsp3) is 0.222. The molecule has 0 unspecified atom stereocenters. The van der Waals surface area contributed by atoms with Gasteiger partial charge in [-0.15, -0.1) is 0 Å². The first kappa shape index (κ1) is 19.9. The Hall–Kier alpha value is -3.86. The highest BCUT2D eigenvalue weighted by atomic mass is 16.6. The molecule has 0 saturated carbocycles. The number of carbonyl (C=O) groups excluding carboxylic acids is 2. The van der Waals surface area contributed by atoms with E-state index in [1.807, 2.05) is 0 Å². The summed E-state index contributed by atoms with van der Waals surface area (Å²) in [6, 6.07) is 9.03. The van der Waals surface area contributed by atoms with Gasteiger partial charge < -0.3 is 15.0 Å². The molecule has 1 heterocycles. The number of carbonyl (C=O) groups is 2. The molecule has 0 spiro atoms. The van der Waals surface area contributed by atoms with Crippen LogP contribution >= 0.6 is 0 Å². The van der Waals surface area contributed by atoms with Gasteiger partial charge in [-0.3, -0.25) is 29.8 Å². The summed E-state index contributed by atoms with van der Waals surface area (Å²) in [6.45, 7) is 1.65. The zero-order valence-electron chi connectivity index (χ0n) is 15.1. The molecule has 1 N–H and O–H groups in total. The van der Waals surface area contributed by atoms with Gasteiger partial charge in [0.25, 0.3) is 23.2 Å². The molecule has 150 valence electrons. The van der Waals surface area contributed by atoms with Crippen molar-refractivity contribution in [2.75, 3.05) is 31.6 Å². The van der Waals surface area contributed by atoms with Gasteiger partial charge in [-0.2, -0.15) is 0 Å². The molecule has 3 rings (SSSR count). The Morgan fingerprint density at radius 3 is 2.31 bits per heavy atom. The number of ether oxygens (including phenoxy) is 1. The molecule has 2 amide bonds. The lowest BCUT2D eigenvalue weighted by Crippen LogP contribution is -2.41. The molecule has 11 heteroatoms. The zero-order chi connectivity index (χ0) is 21.0. The van der Waals surface area contributed by atoms with E-state index in [2.05, 4.69) is 5.32 Å². The first-order chi connectivity index (χ1) is 13.9. The molecule has 0 atom stereocenters. The van der Waals surface area contributed by atoms with Crippen molar-refractivity contribution in [2.24, 2.45) is 0 Å². The third kappa shape index (κ3) is 4.35. The number of hydrogen-bond acceptors (Lipinski definition) is 7. The van der Waals surface area contributed by atoms with Crippen LogP contribution in [-0.2, 0) is 4.74 Å². The van der Waals surface area contributed by atoms with Crippen molar-refractivity contribution in [3.63, 3.8) is 0 Å². The number of hydrogen-bond donors (Lipinski definition) is 1. The summed E-state index contributed by atoms with van der Waals surface area (Å²) >= 11 is 0. The van der Waals surface area contributed by atoms with Crippen LogP contribution < -0.4 is 5.32 Å². The van der Waals surface area contributed by atoms with E-state index >= 15 is 0 Å². The third-order valence-corrected chi connectivity index (χ3v) is 4.34. The van der Waals surface area contributed by atoms with E-state index in [-0.39, 0.29) is 22.7 Å². The SMILES string of the molecule is O=C(Nc1ccccc1C(=O)N1CCOCC1)c1ccc([N+](=O)[O-])cc1[N+](=O)[O-]. The van der Waals surface area contributed by atoms with Crippen LogP contribution in [0.15, 0.2) is 42.5 Å². The maximum absolute atomic E-state index is 12.8. The van der Waals surface area contributed by atoms with Gasteiger partial charge in [0, 0.05) is 19.2 Å². The number of para-hydroxylation sites is 1. The van der Waals surface area contributed by atoms with Crippen molar-refractivity contribution < 1.29 is 24.2 Å². The largest absolute Gasteiger partial charge is 0.378 e. The van der Waals surface area contributed by atoms with Gasteiger partial charge in [-0.1, -0.05) is 12.1 Å². The lowest BCUT2D eigenvalue weighted by Gasteiger charge is -2.27. The van der Waals surface area contributed by atoms with Crippen LogP contribution in [0.25, 0.3) is 0 Å². The van der Waals surface area contributed by atoms with E-state index in [4.69, 9.17) is 4.74 Å². The first-order valence-corrected chi connectivity index (χ1v) is 8.58. The average molecular weight is 400 g/mol. The van der Waals surface area contributed by atoms with E-state index < -0.39 is 27.1 Å². The molecule has 2 aromatic rings. The fourth-order valence-electron chi connectivity index (χ4n) is 2.88. The highest BCUT2D eigenvalue weighted by Crippen LogP contribution is 2.26. The quantitative estimate of drug-likeness (QED) is 0.598. The van der Waals surface area contributed by atoms with Crippen molar-refractivity contribution in [3.8, 4) is 0 Å². The number of anilines is 1. The molecule has 0 aromatic heterocycles. The number of nitro benzene ring substituents is 2. The molecule has 1 fully saturated rings. The molecule has 1 aliphatic heterocycles. The monoisotopic (exact) mass is 400 g/mol. The second-order valence-electron chi connectivity index (χ2n) is 6.12. The van der Waals surface area contributed by atoms with Crippen molar-refractivity contribution in [3.05, 3.63) is 73.8 Å². The second-order valence-corrected chi connectivity index (χ2v) is 6.12. The molecule has 0 bridgehead atoms. The number of nitrogens with zero attached hydrogens (tertiary/aromatic N) is 3. The molecule has 29 heavy (non-hydrogen) atoms. The van der Waals surface area contributed by atoms with E-state index in [1.54, 1.807) is 17.0 Å². The van der Waals surface area contributed by atoms with Crippen LogP contribution in [0.1, 0.15) is 20.7 Å². The van der Waals surface area contributed by atoms with Crippen molar-refractivity contribution in [2.45, 2.75) is 0 Å². The van der Waals surface area contributed by atoms with Crippen LogP contribution in [0.5, 0.6) is 0 Å². The van der Waals surface area contributed by atoms with E-state index in [9.17, 15) is 29.8 Å². The van der Waals surface area contributed by atoms with E-state index in [1.165, 1.54) is 12.1 Å². The molecule has 1 saturated heterocycles. The van der Waals surface area contributed by atoms with Crippen molar-refractivity contribution >= 4 is 28.9 Å². The number of morpholine rings is 1. The minimum absolute atomic E-state index is 0.182. The van der Waals surface area contributed by atoms with E-state index in [0.29, 0.717) is 26.3 Å². The predicted octanol–water partition coefficient (Wildman–Crippen LogP) is 2.23. The number of amides is 2. The van der Waals surface area contributed by atoms with Gasteiger partial charge in [0.1, 0.15) is 5.56 Å². The predicted molar refractivity (Wildman–Crippen MR) is 101 cm³/mol. The maximum atomic E-state index is 12.8. The van der Waals surface area contributed by atoms with Gasteiger partial charge in [-0.05, 0) is 18.2 Å². The summed E-state index contributed by atoms with van der Waals surface area (Å²) in [4.78, 5) is 47.5. The number of nitro groups is 2. The molecular formula is C18H16N4O7. The Kier molecular flexibility index (Phi) is 5.79. The number of nitrogens with one attached hydrogen (secondary N) is 1. The summed E-state index contributed by atoms with van der Waals surface area (Å²) in [5.74, 6) is -1.16. The Labute approximate surface area is 164 Å². The van der Waals surface area contributed by atoms with Crippen LogP contribution in [0.3, 0.4) is 0 Å². The smallest absolute Gasteiger partial charge is 0.289 e. The molecular weight excluding hydrogens is 384 g/mol. The van der Waals surface area contributed by atoms with Gasteiger partial charge in [0.2, 0.25) is 0 Å². The molecule has 0 aliphatic carbocycles. The fourth-order valence-corrected chi connectivity index (χ4v) is 2.88. The molecule has 2 aromatic carbocycles. The number of non-ortho nitro benzene ring substituents is 1. The third-order valence-electron chi connectivity index (χ3n) is 4.34. The number of benzene rings is 2. The summed E-state index contributed by atoms with van der Waals surface area (Å²) in [5.41, 5.74) is -1.15. The second kappa shape index (κ2) is 8.44. The standard InChI is InChI=1S/C18H16N4O7/c23-17(14-6-5-12(21(25)26)11-16(14)22(27)28)19-15-4-2-1-3-13(15)18(24)20-7-9-29-10-8-20/h1-6,11H,7-10H2,(H,19,23). The highest BCUT2D eigenvalue weighted by Gasteiger charge is 2.26. The first-order valence-electron chi connectivity index (χ1n) is 8.58. The highest BCUT2D eigenvalue weighted by molar-refractivity contribution is 6.10. The average Bonchev–Trinajstić information content (AvgIpc) is 2.73. The van der Waals surface area contributed by atoms with Crippen LogP contribution in [0.2, 0.25) is 0 Å². The topological polar surface area (TPSA) is 145 Å². The zero-order valence-corrected chi connectivity index (χ0v) is 15.1. The van der Waals surface area contributed by atoms with Crippen LogP contribution in [0.4, 0.5) is 17.1 Å². The van der Waals surface area contributed by atoms with Gasteiger partial charge >= 0.3 is 0 Å². The molecule has 1 aliphatic rings. The van der Waals surface area contributed by atoms with Crippen molar-refractivity contribution in [1.82, 2.24) is 4.90 Å². The molecule has 11 nitrogen and oxygen atoms in total. The summed E-state index contributed by atoms with van der Waals surface area (Å²) in [5, 5.41) is 24.6. The Bertz CT molecular complexity index is 986. The maximum Gasteiger partial charge on any atom is 0.289 e. The van der Waals surface area contributed by atoms with Gasteiger partial charge in [-0.25, -0.2) is 0 Å².